The molecule has 0 amide bonds. The first kappa shape index (κ1) is 12.3. The van der Waals surface area contributed by atoms with E-state index in [0.29, 0.717) is 17.3 Å². The third kappa shape index (κ3) is 2.28. The molecule has 94 valence electrons. The van der Waals surface area contributed by atoms with Crippen LogP contribution in [0.5, 0.6) is 0 Å². The van der Waals surface area contributed by atoms with Gasteiger partial charge in [0.25, 0.3) is 0 Å². The molecule has 0 aromatic rings. The molecule has 2 rings (SSSR count). The second kappa shape index (κ2) is 3.97. The summed E-state index contributed by atoms with van der Waals surface area (Å²) in [4.78, 5) is 22.3. The van der Waals surface area contributed by atoms with E-state index in [2.05, 4.69) is 20.4 Å². The second-order valence-corrected chi connectivity index (χ2v) is 5.99. The van der Waals surface area contributed by atoms with E-state index in [4.69, 9.17) is 4.74 Å². The molecule has 2 saturated carbocycles. The van der Waals surface area contributed by atoms with E-state index in [1.165, 1.54) is 6.92 Å². The van der Waals surface area contributed by atoms with Crippen LogP contribution in [0.15, 0.2) is 12.2 Å². The third-order valence-electron chi connectivity index (χ3n) is 4.36. The lowest BCUT2D eigenvalue weighted by molar-refractivity contribution is -0.149. The lowest BCUT2D eigenvalue weighted by atomic mass is 9.93. The van der Waals surface area contributed by atoms with Gasteiger partial charge in [-0.05, 0) is 42.6 Å². The number of hydrogen-bond donors (Lipinski definition) is 0. The summed E-state index contributed by atoms with van der Waals surface area (Å²) in [6, 6.07) is 0. The Kier molecular flexibility index (Phi) is 2.88. The van der Waals surface area contributed by atoms with Gasteiger partial charge in [-0.2, -0.15) is 0 Å². The van der Waals surface area contributed by atoms with Crippen LogP contribution in [0.2, 0.25) is 0 Å². The predicted molar refractivity (Wildman–Crippen MR) is 64.3 cm³/mol. The molecule has 0 N–H and O–H groups in total. The number of hydrogen-bond acceptors (Lipinski definition) is 3. The summed E-state index contributed by atoms with van der Waals surface area (Å²) in [5.41, 5.74) is 1.37. The number of ketones is 1. The highest BCUT2D eigenvalue weighted by Gasteiger charge is 2.60. The van der Waals surface area contributed by atoms with Gasteiger partial charge >= 0.3 is 5.97 Å². The fourth-order valence-electron chi connectivity index (χ4n) is 3.08. The smallest absolute Gasteiger partial charge is 0.313 e. The maximum Gasteiger partial charge on any atom is 0.313 e. The monoisotopic (exact) mass is 236 g/mol. The molecule has 0 radical (unpaired) electrons. The van der Waals surface area contributed by atoms with E-state index in [9.17, 15) is 9.59 Å². The maximum absolute atomic E-state index is 11.5. The number of fused-ring (bicyclic) bond motifs is 1. The molecule has 0 aliphatic heterocycles. The van der Waals surface area contributed by atoms with Crippen molar-refractivity contribution < 1.29 is 14.3 Å². The van der Waals surface area contributed by atoms with Gasteiger partial charge in [-0.15, -0.1) is 0 Å². The molecule has 3 atom stereocenters. The van der Waals surface area contributed by atoms with E-state index in [0.717, 1.165) is 18.4 Å². The minimum absolute atomic E-state index is 0.124. The Balaban J connectivity index is 1.92. The number of ether oxygens (including phenoxy) is 1. The van der Waals surface area contributed by atoms with Crippen molar-refractivity contribution in [3.63, 3.8) is 0 Å². The van der Waals surface area contributed by atoms with Gasteiger partial charge in [-0.1, -0.05) is 20.4 Å². The van der Waals surface area contributed by atoms with E-state index in [1.807, 2.05) is 0 Å². The summed E-state index contributed by atoms with van der Waals surface area (Å²) in [6.45, 7) is 9.93. The average molecular weight is 236 g/mol. The van der Waals surface area contributed by atoms with Crippen LogP contribution in [0.4, 0.5) is 0 Å². The zero-order valence-electron chi connectivity index (χ0n) is 10.8. The van der Waals surface area contributed by atoms with Gasteiger partial charge in [-0.25, -0.2) is 0 Å². The number of carbonyl (C=O) groups is 2. The summed E-state index contributed by atoms with van der Waals surface area (Å²) in [6.07, 6.45) is 1.53. The molecule has 3 nitrogen and oxygen atoms in total. The maximum atomic E-state index is 11.5. The van der Waals surface area contributed by atoms with Gasteiger partial charge in [0, 0.05) is 0 Å². The number of esters is 1. The Morgan fingerprint density at radius 1 is 1.41 bits per heavy atom. The van der Waals surface area contributed by atoms with Gasteiger partial charge in [-0.3, -0.25) is 9.59 Å². The minimum atomic E-state index is -0.416. The van der Waals surface area contributed by atoms with Crippen molar-refractivity contribution in [3.05, 3.63) is 12.2 Å². The molecular formula is C14H20O3. The molecule has 17 heavy (non-hydrogen) atoms. The Bertz CT molecular complexity index is 381. The number of rotatable bonds is 3. The summed E-state index contributed by atoms with van der Waals surface area (Å²) in [7, 11) is 0. The zero-order chi connectivity index (χ0) is 12.8. The summed E-state index contributed by atoms with van der Waals surface area (Å²) >= 11 is 0. The van der Waals surface area contributed by atoms with Gasteiger partial charge in [0.05, 0.1) is 0 Å². The van der Waals surface area contributed by atoms with E-state index < -0.39 is 5.97 Å². The van der Waals surface area contributed by atoms with Crippen LogP contribution in [0.3, 0.4) is 0 Å². The summed E-state index contributed by atoms with van der Waals surface area (Å²) in [5.74, 6) is 0.780. The molecule has 2 fully saturated rings. The van der Waals surface area contributed by atoms with Crippen molar-refractivity contribution >= 4 is 11.8 Å². The molecule has 0 bridgehead atoms. The van der Waals surface area contributed by atoms with Crippen LogP contribution in [0.1, 0.15) is 40.0 Å². The molecule has 2 aliphatic rings. The SMILES string of the molecule is C=C1CC2C(CC1OC(=O)CC(C)=O)C2(C)C. The highest BCUT2D eigenvalue weighted by atomic mass is 16.5. The Hall–Kier alpha value is -1.12. The van der Waals surface area contributed by atoms with Crippen molar-refractivity contribution in [1.82, 2.24) is 0 Å². The van der Waals surface area contributed by atoms with Crippen LogP contribution in [-0.4, -0.2) is 17.9 Å². The quantitative estimate of drug-likeness (QED) is 0.429. The molecule has 3 heteroatoms. The molecule has 0 saturated heterocycles. The summed E-state index contributed by atoms with van der Waals surface area (Å²) < 4.78 is 5.35. The Labute approximate surface area is 102 Å². The van der Waals surface area contributed by atoms with E-state index in [1.54, 1.807) is 0 Å². The van der Waals surface area contributed by atoms with Crippen LogP contribution < -0.4 is 0 Å². The fraction of sp³-hybridized carbons (Fsp3) is 0.714. The van der Waals surface area contributed by atoms with Crippen molar-refractivity contribution in [2.45, 2.75) is 46.1 Å². The van der Waals surface area contributed by atoms with E-state index in [-0.39, 0.29) is 18.3 Å². The second-order valence-electron chi connectivity index (χ2n) is 5.99. The normalized spacial score (nSPS) is 33.8. The van der Waals surface area contributed by atoms with Gasteiger partial charge in [0.15, 0.2) is 0 Å². The topological polar surface area (TPSA) is 43.4 Å². The largest absolute Gasteiger partial charge is 0.458 e. The number of carbonyl (C=O) groups excluding carboxylic acids is 2. The molecule has 0 heterocycles. The molecule has 3 unspecified atom stereocenters. The predicted octanol–water partition coefficient (Wildman–Crippen LogP) is 2.50. The first-order valence-corrected chi connectivity index (χ1v) is 6.19. The molecule has 0 spiro atoms. The van der Waals surface area contributed by atoms with Crippen LogP contribution in [0.25, 0.3) is 0 Å². The van der Waals surface area contributed by atoms with Crippen LogP contribution in [0, 0.1) is 17.3 Å². The van der Waals surface area contributed by atoms with Crippen molar-refractivity contribution in [3.8, 4) is 0 Å². The lowest BCUT2D eigenvalue weighted by Crippen LogP contribution is -2.25. The van der Waals surface area contributed by atoms with Gasteiger partial charge in [0.1, 0.15) is 18.3 Å². The average Bonchev–Trinajstić information content (AvgIpc) is 2.67. The Morgan fingerprint density at radius 3 is 2.65 bits per heavy atom. The van der Waals surface area contributed by atoms with Gasteiger partial charge < -0.3 is 4.74 Å². The first-order chi connectivity index (χ1) is 7.82. The zero-order valence-corrected chi connectivity index (χ0v) is 10.8. The van der Waals surface area contributed by atoms with Crippen molar-refractivity contribution in [2.75, 3.05) is 0 Å². The highest BCUT2D eigenvalue weighted by molar-refractivity contribution is 5.94. The van der Waals surface area contributed by atoms with Crippen molar-refractivity contribution in [2.24, 2.45) is 17.3 Å². The molecule has 2 aliphatic carbocycles. The minimum Gasteiger partial charge on any atom is -0.458 e. The van der Waals surface area contributed by atoms with E-state index >= 15 is 0 Å². The summed E-state index contributed by atoms with van der Waals surface area (Å²) in [5, 5.41) is 0. The highest BCUT2D eigenvalue weighted by Crippen LogP contribution is 2.65. The number of Topliss-reactive ketones (excluding diaryl/α,β-unsaturated/α-hetero) is 1. The fourth-order valence-corrected chi connectivity index (χ4v) is 3.08. The van der Waals surface area contributed by atoms with Crippen LogP contribution >= 0.6 is 0 Å². The van der Waals surface area contributed by atoms with Crippen LogP contribution in [-0.2, 0) is 14.3 Å². The lowest BCUT2D eigenvalue weighted by Gasteiger charge is -2.23. The molecular weight excluding hydrogens is 216 g/mol. The van der Waals surface area contributed by atoms with Crippen molar-refractivity contribution in [1.29, 1.82) is 0 Å². The first-order valence-electron chi connectivity index (χ1n) is 6.19. The molecule has 0 aromatic heterocycles. The third-order valence-corrected chi connectivity index (χ3v) is 4.36. The van der Waals surface area contributed by atoms with Gasteiger partial charge in [0.2, 0.25) is 0 Å². The standard InChI is InChI=1S/C14H20O3/c1-8-5-10-11(14(10,3)4)7-12(8)17-13(16)6-9(2)15/h10-12H,1,5-7H2,2-4H3. The molecule has 0 aromatic carbocycles. The Morgan fingerprint density at radius 2 is 2.06 bits per heavy atom.